The molecule has 2 amide bonds. The van der Waals surface area contributed by atoms with Gasteiger partial charge in [-0.1, -0.05) is 13.8 Å². The number of furan rings is 1. The van der Waals surface area contributed by atoms with Gasteiger partial charge in [-0.05, 0) is 41.3 Å². The molecule has 31 heavy (non-hydrogen) atoms. The van der Waals surface area contributed by atoms with Gasteiger partial charge in [0.25, 0.3) is 0 Å². The highest BCUT2D eigenvalue weighted by molar-refractivity contribution is 9.10. The summed E-state index contributed by atoms with van der Waals surface area (Å²) in [5.41, 5.74) is 0. The Bertz CT molecular complexity index is 777. The second-order valence-electron chi connectivity index (χ2n) is 7.77. The van der Waals surface area contributed by atoms with E-state index in [0.29, 0.717) is 35.4 Å². The van der Waals surface area contributed by atoms with Crippen LogP contribution >= 0.6 is 15.9 Å². The number of hydrogen-bond donors (Lipinski definition) is 1. The molecule has 1 N–H and O–H groups in total. The first-order chi connectivity index (χ1) is 14.7. The molecular weight excluding hydrogens is 474 g/mol. The number of esters is 1. The first kappa shape index (κ1) is 25.4. The summed E-state index contributed by atoms with van der Waals surface area (Å²) in [6.07, 6.45) is -0.480. The quantitative estimate of drug-likeness (QED) is 0.361. The van der Waals surface area contributed by atoms with Gasteiger partial charge in [0.15, 0.2) is 6.10 Å². The monoisotopic (exact) mass is 503 g/mol. The van der Waals surface area contributed by atoms with Gasteiger partial charge in [-0.2, -0.15) is 0 Å². The number of rotatable bonds is 11. The third kappa shape index (κ3) is 6.54. The number of cyclic esters (lactones) is 1. The molecule has 1 saturated heterocycles. The lowest BCUT2D eigenvalue weighted by atomic mass is 9.98. The molecule has 0 aliphatic carbocycles. The van der Waals surface area contributed by atoms with Crippen molar-refractivity contribution in [1.82, 2.24) is 4.90 Å². The number of hydrogen-bond acceptors (Lipinski definition) is 8. The Kier molecular flexibility index (Phi) is 9.52. The summed E-state index contributed by atoms with van der Waals surface area (Å²) in [6, 6.07) is 1.29. The van der Waals surface area contributed by atoms with Crippen LogP contribution in [0.2, 0.25) is 0 Å². The molecular formula is C21H30BrNO8. The summed E-state index contributed by atoms with van der Waals surface area (Å²) in [5, 5.41) is 8.75. The lowest BCUT2D eigenvalue weighted by Gasteiger charge is -2.28. The number of carbonyl (C=O) groups is 3. The molecule has 1 aliphatic heterocycles. The maximum Gasteiger partial charge on any atom is 0.416 e. The molecule has 0 spiro atoms. The Hall–Kier alpha value is -1.91. The summed E-state index contributed by atoms with van der Waals surface area (Å²) in [7, 11) is 0. The number of imide groups is 1. The summed E-state index contributed by atoms with van der Waals surface area (Å²) in [5.74, 6) is -0.968. The van der Waals surface area contributed by atoms with E-state index in [0.717, 1.165) is 4.90 Å². The van der Waals surface area contributed by atoms with Crippen LogP contribution in [0.25, 0.3) is 0 Å². The molecule has 9 nitrogen and oxygen atoms in total. The highest BCUT2D eigenvalue weighted by atomic mass is 79.9. The summed E-state index contributed by atoms with van der Waals surface area (Å²) in [6.45, 7) is 7.49. The van der Waals surface area contributed by atoms with Gasteiger partial charge in [0, 0.05) is 20.0 Å². The fourth-order valence-corrected chi connectivity index (χ4v) is 3.86. The average Bonchev–Trinajstić information content (AvgIpc) is 3.27. The van der Waals surface area contributed by atoms with Gasteiger partial charge in [-0.3, -0.25) is 9.59 Å². The summed E-state index contributed by atoms with van der Waals surface area (Å²) < 4.78 is 22.3. The van der Waals surface area contributed by atoms with Gasteiger partial charge in [-0.15, -0.1) is 0 Å². The predicted molar refractivity (Wildman–Crippen MR) is 113 cm³/mol. The number of aliphatic hydroxyl groups excluding tert-OH is 1. The normalized spacial score (nSPS) is 18.2. The van der Waals surface area contributed by atoms with Crippen molar-refractivity contribution in [3.05, 3.63) is 22.1 Å². The van der Waals surface area contributed by atoms with Gasteiger partial charge in [0.05, 0.1) is 29.6 Å². The van der Waals surface area contributed by atoms with E-state index < -0.39 is 30.0 Å². The molecule has 1 fully saturated rings. The number of aryl methyl sites for hydroxylation is 1. The molecule has 3 atom stereocenters. The van der Waals surface area contributed by atoms with Crippen LogP contribution in [0.3, 0.4) is 0 Å². The Balaban J connectivity index is 2.19. The van der Waals surface area contributed by atoms with Crippen molar-refractivity contribution < 1.29 is 38.1 Å². The smallest absolute Gasteiger partial charge is 0.416 e. The first-order valence-electron chi connectivity index (χ1n) is 10.3. The fraction of sp³-hybridized carbons (Fsp3) is 0.667. The van der Waals surface area contributed by atoms with E-state index in [1.54, 1.807) is 13.0 Å². The van der Waals surface area contributed by atoms with Crippen LogP contribution in [0, 0.1) is 11.8 Å². The van der Waals surface area contributed by atoms with Crippen molar-refractivity contribution in [3.63, 3.8) is 0 Å². The number of aliphatic hydroxyl groups is 1. The second-order valence-corrected chi connectivity index (χ2v) is 8.63. The zero-order chi connectivity index (χ0) is 23.1. The minimum absolute atomic E-state index is 0.0205. The average molecular weight is 504 g/mol. The fourth-order valence-electron chi connectivity index (χ4n) is 3.35. The van der Waals surface area contributed by atoms with Crippen molar-refractivity contribution in [2.45, 2.75) is 52.7 Å². The Morgan fingerprint density at radius 1 is 1.32 bits per heavy atom. The van der Waals surface area contributed by atoms with Gasteiger partial charge in [0.2, 0.25) is 5.91 Å². The van der Waals surface area contributed by atoms with Crippen LogP contribution in [-0.4, -0.2) is 60.4 Å². The molecule has 174 valence electrons. The highest BCUT2D eigenvalue weighted by Gasteiger charge is 2.44. The van der Waals surface area contributed by atoms with Crippen molar-refractivity contribution in [2.24, 2.45) is 11.8 Å². The molecule has 10 heteroatoms. The molecule has 1 aromatic heterocycles. The van der Waals surface area contributed by atoms with Crippen molar-refractivity contribution in [2.75, 3.05) is 26.4 Å². The van der Waals surface area contributed by atoms with Gasteiger partial charge < -0.3 is 23.7 Å². The maximum absolute atomic E-state index is 13.2. The summed E-state index contributed by atoms with van der Waals surface area (Å²) >= 11 is 3.44. The standard InChI is InChI=1S/C21H30BrNO8/c1-12(2)16-11-29-21(27)23(16)20(26)13(3)19(30-14(4)25)18-10-15(22)17(31-18)6-5-8-28-9-7-24/h10,12-13,16,19,24H,5-9,11H2,1-4H3/t13-,16+,19-/m0/s1. The predicted octanol–water partition coefficient (Wildman–Crippen LogP) is 3.23. The third-order valence-electron chi connectivity index (χ3n) is 5.03. The Labute approximate surface area is 190 Å². The number of halogens is 1. The van der Waals surface area contributed by atoms with E-state index in [-0.39, 0.29) is 31.8 Å². The molecule has 0 bridgehead atoms. The van der Waals surface area contributed by atoms with Crippen molar-refractivity contribution in [1.29, 1.82) is 0 Å². The van der Waals surface area contributed by atoms with Crippen LogP contribution in [0.4, 0.5) is 4.79 Å². The number of ether oxygens (including phenoxy) is 3. The van der Waals surface area contributed by atoms with Crippen LogP contribution in [0.1, 0.15) is 51.7 Å². The van der Waals surface area contributed by atoms with E-state index in [2.05, 4.69) is 15.9 Å². The van der Waals surface area contributed by atoms with E-state index in [1.807, 2.05) is 13.8 Å². The van der Waals surface area contributed by atoms with Crippen LogP contribution in [0.5, 0.6) is 0 Å². The van der Waals surface area contributed by atoms with Crippen molar-refractivity contribution >= 4 is 33.9 Å². The van der Waals surface area contributed by atoms with Crippen molar-refractivity contribution in [3.8, 4) is 0 Å². The lowest BCUT2D eigenvalue weighted by Crippen LogP contribution is -2.45. The number of nitrogens with zero attached hydrogens (tertiary/aromatic N) is 1. The maximum atomic E-state index is 13.2. The van der Waals surface area contributed by atoms with Gasteiger partial charge in [-0.25, -0.2) is 9.69 Å². The van der Waals surface area contributed by atoms with Crippen LogP contribution in [0.15, 0.2) is 15.0 Å². The molecule has 2 heterocycles. The van der Waals surface area contributed by atoms with Gasteiger partial charge in [0.1, 0.15) is 18.1 Å². The minimum atomic E-state index is -0.998. The van der Waals surface area contributed by atoms with E-state index >= 15 is 0 Å². The molecule has 0 saturated carbocycles. The zero-order valence-electron chi connectivity index (χ0n) is 18.3. The lowest BCUT2D eigenvalue weighted by molar-refractivity contribution is -0.155. The Morgan fingerprint density at radius 3 is 2.65 bits per heavy atom. The molecule has 0 radical (unpaired) electrons. The Morgan fingerprint density at radius 2 is 2.03 bits per heavy atom. The second kappa shape index (κ2) is 11.6. The number of amides is 2. The molecule has 0 unspecified atom stereocenters. The first-order valence-corrected chi connectivity index (χ1v) is 11.1. The molecule has 2 rings (SSSR count). The largest absolute Gasteiger partial charge is 0.461 e. The molecule has 1 aromatic rings. The minimum Gasteiger partial charge on any atom is -0.461 e. The number of carbonyl (C=O) groups excluding carboxylic acids is 3. The topological polar surface area (TPSA) is 116 Å². The van der Waals surface area contributed by atoms with Crippen LogP contribution in [-0.2, 0) is 30.2 Å². The third-order valence-corrected chi connectivity index (χ3v) is 5.71. The molecule has 1 aliphatic rings. The van der Waals surface area contributed by atoms with E-state index in [9.17, 15) is 14.4 Å². The highest BCUT2D eigenvalue weighted by Crippen LogP contribution is 2.35. The van der Waals surface area contributed by atoms with Crippen LogP contribution < -0.4 is 0 Å². The molecule has 0 aromatic carbocycles. The zero-order valence-corrected chi connectivity index (χ0v) is 19.8. The SMILES string of the molecule is CC(=O)O[C@H](c1cc(Br)c(CCCOCCO)o1)[C@H](C)C(=O)N1C(=O)OC[C@@H]1C(C)C. The van der Waals surface area contributed by atoms with Gasteiger partial charge >= 0.3 is 12.1 Å². The summed E-state index contributed by atoms with van der Waals surface area (Å²) in [4.78, 5) is 38.2. The van der Waals surface area contributed by atoms with E-state index in [1.165, 1.54) is 6.92 Å². The van der Waals surface area contributed by atoms with E-state index in [4.69, 9.17) is 23.7 Å².